The van der Waals surface area contributed by atoms with Crippen LogP contribution in [-0.4, -0.2) is 47.4 Å². The molecule has 0 aromatic heterocycles. The minimum atomic E-state index is -0.843. The van der Waals surface area contributed by atoms with E-state index in [1.807, 2.05) is 6.08 Å². The Morgan fingerprint density at radius 2 is 0.560 bits per heavy atom. The van der Waals surface area contributed by atoms with E-state index in [2.05, 4.69) is 43.5 Å². The van der Waals surface area contributed by atoms with Crippen LogP contribution in [0.2, 0.25) is 0 Å². The number of carbonyl (C=O) groups is 2. The number of ether oxygens (including phenoxy) is 1. The van der Waals surface area contributed by atoms with Crippen LogP contribution in [-0.2, 0) is 14.3 Å². The van der Waals surface area contributed by atoms with Gasteiger partial charge in [0.2, 0.25) is 5.91 Å². The van der Waals surface area contributed by atoms with E-state index in [0.29, 0.717) is 19.4 Å². The molecule has 0 saturated carbocycles. The summed E-state index contributed by atoms with van der Waals surface area (Å²) < 4.78 is 5.51. The Bertz CT molecular complexity index is 1360. The Morgan fingerprint density at radius 3 is 0.845 bits per heavy atom. The predicted octanol–water partition coefficient (Wildman–Crippen LogP) is 25.0. The average molecular weight is 1180 g/mol. The van der Waals surface area contributed by atoms with Gasteiger partial charge in [-0.15, -0.1) is 0 Å². The van der Waals surface area contributed by atoms with Crippen LogP contribution in [0.25, 0.3) is 0 Å². The largest absolute Gasteiger partial charge is 0.466 e. The van der Waals surface area contributed by atoms with E-state index in [1.165, 1.54) is 360 Å². The second-order valence-corrected chi connectivity index (χ2v) is 26.3. The molecule has 0 saturated heterocycles. The molecule has 496 valence electrons. The van der Waals surface area contributed by atoms with Gasteiger partial charge in [-0.2, -0.15) is 0 Å². The molecule has 2 atom stereocenters. The monoisotopic (exact) mass is 1180 g/mol. The summed E-state index contributed by atoms with van der Waals surface area (Å²) >= 11 is 0. The Morgan fingerprint density at radius 1 is 0.321 bits per heavy atom. The number of nitrogens with one attached hydrogen (secondary N) is 1. The van der Waals surface area contributed by atoms with Crippen LogP contribution >= 0.6 is 0 Å². The van der Waals surface area contributed by atoms with Gasteiger partial charge < -0.3 is 20.3 Å². The quantitative estimate of drug-likeness (QED) is 0.0320. The molecular formula is C78H149NO5. The number of hydrogen-bond donors (Lipinski definition) is 3. The highest BCUT2D eigenvalue weighted by Gasteiger charge is 2.18. The SMILES string of the molecule is CCCCCCCC/C=C\CCCCCCCCCCCC(=O)OCCCCCCCCCCCCCC/C=C\CCCCCCCCCCCCCCCCCCC(=O)NC(CO)C(O)/C=C/CCCCCCCCCCCCCCCC. The van der Waals surface area contributed by atoms with Crippen molar-refractivity contribution in [3.8, 4) is 0 Å². The van der Waals surface area contributed by atoms with E-state index in [0.717, 1.165) is 38.5 Å². The fourth-order valence-electron chi connectivity index (χ4n) is 12.0. The van der Waals surface area contributed by atoms with E-state index in [1.54, 1.807) is 6.08 Å². The number of hydrogen-bond acceptors (Lipinski definition) is 5. The summed E-state index contributed by atoms with van der Waals surface area (Å²) in [4.78, 5) is 24.6. The van der Waals surface area contributed by atoms with Crippen molar-refractivity contribution in [1.82, 2.24) is 5.32 Å². The molecule has 84 heavy (non-hydrogen) atoms. The number of carbonyl (C=O) groups excluding carboxylic acids is 2. The van der Waals surface area contributed by atoms with Crippen molar-refractivity contribution < 1.29 is 24.5 Å². The van der Waals surface area contributed by atoms with Gasteiger partial charge in [0.15, 0.2) is 0 Å². The molecular weight excluding hydrogens is 1030 g/mol. The maximum Gasteiger partial charge on any atom is 0.305 e. The standard InChI is InChI=1S/C78H149NO5/c1-3-5-7-9-11-13-15-17-19-21-36-40-44-48-52-56-60-64-68-72-78(83)84-73-69-65-61-57-53-49-45-41-38-35-33-31-29-27-25-23-22-24-26-28-30-32-34-37-39-43-47-51-55-59-63-67-71-77(82)79-75(74-80)76(81)70-66-62-58-54-50-46-42-20-18-16-14-12-10-8-6-4-2/h17,19,25,27,66,70,75-76,80-81H,3-16,18,20-24,26,28-65,67-69,71-74H2,1-2H3,(H,79,82)/b19-17-,27-25-,70-66+. The maximum atomic E-state index is 12.5. The summed E-state index contributed by atoms with van der Waals surface area (Å²) in [5.41, 5.74) is 0. The molecule has 1 amide bonds. The lowest BCUT2D eigenvalue weighted by molar-refractivity contribution is -0.143. The summed E-state index contributed by atoms with van der Waals surface area (Å²) in [6, 6.07) is -0.626. The molecule has 0 rings (SSSR count). The third-order valence-electron chi connectivity index (χ3n) is 17.9. The lowest BCUT2D eigenvalue weighted by Gasteiger charge is -2.20. The summed E-state index contributed by atoms with van der Waals surface area (Å²) in [6.45, 7) is 4.94. The minimum absolute atomic E-state index is 0.0182. The minimum Gasteiger partial charge on any atom is -0.466 e. The third kappa shape index (κ3) is 69.2. The molecule has 0 fully saturated rings. The highest BCUT2D eigenvalue weighted by Crippen LogP contribution is 2.19. The Kier molecular flexibility index (Phi) is 71.9. The molecule has 0 spiro atoms. The van der Waals surface area contributed by atoms with Gasteiger partial charge in [0.05, 0.1) is 25.4 Å². The number of rotatable bonds is 72. The van der Waals surface area contributed by atoms with Gasteiger partial charge in [-0.3, -0.25) is 9.59 Å². The molecule has 6 heteroatoms. The van der Waals surface area contributed by atoms with Gasteiger partial charge in [-0.1, -0.05) is 365 Å². The molecule has 0 aliphatic carbocycles. The van der Waals surface area contributed by atoms with E-state index < -0.39 is 12.1 Å². The van der Waals surface area contributed by atoms with Crippen LogP contribution in [0.4, 0.5) is 0 Å². The summed E-state index contributed by atoms with van der Waals surface area (Å²) in [7, 11) is 0. The van der Waals surface area contributed by atoms with Crippen molar-refractivity contribution in [2.75, 3.05) is 13.2 Å². The van der Waals surface area contributed by atoms with Crippen molar-refractivity contribution >= 4 is 11.9 Å². The van der Waals surface area contributed by atoms with Crippen LogP contribution in [0.3, 0.4) is 0 Å². The smallest absolute Gasteiger partial charge is 0.305 e. The molecule has 0 bridgehead atoms. The first kappa shape index (κ1) is 82.1. The Hall–Kier alpha value is -1.92. The van der Waals surface area contributed by atoms with Crippen molar-refractivity contribution in [3.63, 3.8) is 0 Å². The molecule has 3 N–H and O–H groups in total. The fraction of sp³-hybridized carbons (Fsp3) is 0.897. The van der Waals surface area contributed by atoms with Crippen LogP contribution in [0, 0.1) is 0 Å². The van der Waals surface area contributed by atoms with Crippen LogP contribution in [0.5, 0.6) is 0 Å². The van der Waals surface area contributed by atoms with E-state index >= 15 is 0 Å². The zero-order valence-electron chi connectivity index (χ0n) is 56.9. The normalized spacial score (nSPS) is 12.7. The van der Waals surface area contributed by atoms with E-state index in [-0.39, 0.29) is 18.5 Å². The van der Waals surface area contributed by atoms with Crippen molar-refractivity contribution in [2.24, 2.45) is 0 Å². The van der Waals surface area contributed by atoms with Crippen LogP contribution in [0.1, 0.15) is 425 Å². The average Bonchev–Trinajstić information content (AvgIpc) is 3.50. The van der Waals surface area contributed by atoms with Crippen molar-refractivity contribution in [3.05, 3.63) is 36.5 Å². The first-order valence-corrected chi connectivity index (χ1v) is 38.3. The van der Waals surface area contributed by atoms with Crippen molar-refractivity contribution in [2.45, 2.75) is 437 Å². The number of aliphatic hydroxyl groups is 2. The number of allylic oxidation sites excluding steroid dienone is 5. The fourth-order valence-corrected chi connectivity index (χ4v) is 12.0. The molecule has 0 radical (unpaired) electrons. The van der Waals surface area contributed by atoms with Gasteiger partial charge in [-0.25, -0.2) is 0 Å². The molecule has 0 aliphatic rings. The highest BCUT2D eigenvalue weighted by atomic mass is 16.5. The number of aliphatic hydroxyl groups excluding tert-OH is 2. The molecule has 0 aromatic carbocycles. The second-order valence-electron chi connectivity index (χ2n) is 26.3. The van der Waals surface area contributed by atoms with Crippen LogP contribution < -0.4 is 5.32 Å². The predicted molar refractivity (Wildman–Crippen MR) is 370 cm³/mol. The topological polar surface area (TPSA) is 95.9 Å². The van der Waals surface area contributed by atoms with Crippen LogP contribution in [0.15, 0.2) is 36.5 Å². The van der Waals surface area contributed by atoms with Crippen molar-refractivity contribution in [1.29, 1.82) is 0 Å². The highest BCUT2D eigenvalue weighted by molar-refractivity contribution is 5.76. The van der Waals surface area contributed by atoms with Gasteiger partial charge in [0.1, 0.15) is 0 Å². The van der Waals surface area contributed by atoms with E-state index in [4.69, 9.17) is 4.74 Å². The molecule has 6 nitrogen and oxygen atoms in total. The first-order valence-electron chi connectivity index (χ1n) is 38.3. The third-order valence-corrected chi connectivity index (χ3v) is 17.9. The van der Waals surface area contributed by atoms with Gasteiger partial charge in [0, 0.05) is 12.8 Å². The zero-order chi connectivity index (χ0) is 60.6. The Labute approximate surface area is 525 Å². The Balaban J connectivity index is 3.35. The number of unbranched alkanes of at least 4 members (excludes halogenated alkanes) is 57. The lowest BCUT2D eigenvalue weighted by atomic mass is 10.0. The zero-order valence-corrected chi connectivity index (χ0v) is 56.9. The number of amides is 1. The summed E-state index contributed by atoms with van der Waals surface area (Å²) in [6.07, 6.45) is 95.4. The summed E-state index contributed by atoms with van der Waals surface area (Å²) in [5, 5.41) is 23.2. The number of esters is 1. The molecule has 0 heterocycles. The summed E-state index contributed by atoms with van der Waals surface area (Å²) in [5.74, 6) is -0.0443. The second kappa shape index (κ2) is 73.5. The molecule has 2 unspecified atom stereocenters. The van der Waals surface area contributed by atoms with Gasteiger partial charge >= 0.3 is 5.97 Å². The first-order chi connectivity index (χ1) is 41.5. The molecule has 0 aromatic rings. The maximum absolute atomic E-state index is 12.5. The van der Waals surface area contributed by atoms with Gasteiger partial charge in [-0.05, 0) is 83.5 Å². The molecule has 0 aliphatic heterocycles. The lowest BCUT2D eigenvalue weighted by Crippen LogP contribution is -2.45. The van der Waals surface area contributed by atoms with Gasteiger partial charge in [0.25, 0.3) is 0 Å². The van der Waals surface area contributed by atoms with E-state index in [9.17, 15) is 19.8 Å².